The molecule has 3 atom stereocenters. The first-order valence-corrected chi connectivity index (χ1v) is 6.71. The quantitative estimate of drug-likeness (QED) is 0.782. The number of hydrogen-bond donors (Lipinski definition) is 1. The Balaban J connectivity index is 1.81. The molecule has 0 aromatic carbocycles. The van der Waals surface area contributed by atoms with Crippen LogP contribution >= 0.6 is 15.9 Å². The van der Waals surface area contributed by atoms with Gasteiger partial charge in [-0.25, -0.2) is 0 Å². The summed E-state index contributed by atoms with van der Waals surface area (Å²) < 4.78 is 5.22. The summed E-state index contributed by atoms with van der Waals surface area (Å²) in [5.74, 6) is 0.274. The number of ether oxygens (including phenoxy) is 1. The van der Waals surface area contributed by atoms with Gasteiger partial charge in [-0.1, -0.05) is 28.8 Å². The fourth-order valence-electron chi connectivity index (χ4n) is 2.29. The van der Waals surface area contributed by atoms with Crippen LogP contribution in [0.4, 0.5) is 0 Å². The Bertz CT molecular complexity index is 229. The zero-order chi connectivity index (χ0) is 10.7. The second-order valence-corrected chi connectivity index (χ2v) is 5.65. The van der Waals surface area contributed by atoms with E-state index in [1.165, 1.54) is 19.3 Å². The minimum absolute atomic E-state index is 0.0895. The van der Waals surface area contributed by atoms with Crippen molar-refractivity contribution in [2.75, 3.05) is 13.2 Å². The Labute approximate surface area is 99.1 Å². The molecule has 0 bridgehead atoms. The Kier molecular flexibility index (Phi) is 4.03. The van der Waals surface area contributed by atoms with Gasteiger partial charge in [0, 0.05) is 17.5 Å². The molecule has 1 saturated carbocycles. The molecule has 0 radical (unpaired) electrons. The SMILES string of the molecule is O=C(NC1CCCCC1Br)C1CCOC1. The average Bonchev–Trinajstić information content (AvgIpc) is 2.74. The van der Waals surface area contributed by atoms with Crippen LogP contribution in [-0.4, -0.2) is 30.0 Å². The molecule has 2 aliphatic rings. The number of rotatable bonds is 2. The summed E-state index contributed by atoms with van der Waals surface area (Å²) in [6.07, 6.45) is 5.66. The van der Waals surface area contributed by atoms with Crippen LogP contribution in [0.5, 0.6) is 0 Å². The van der Waals surface area contributed by atoms with Crippen LogP contribution in [0.3, 0.4) is 0 Å². The van der Waals surface area contributed by atoms with Crippen LogP contribution in [0, 0.1) is 5.92 Å². The lowest BCUT2D eigenvalue weighted by molar-refractivity contribution is -0.125. The van der Waals surface area contributed by atoms with E-state index in [-0.39, 0.29) is 11.8 Å². The summed E-state index contributed by atoms with van der Waals surface area (Å²) in [7, 11) is 0. The summed E-state index contributed by atoms with van der Waals surface area (Å²) in [6, 6.07) is 0.326. The molecule has 0 aromatic rings. The summed E-state index contributed by atoms with van der Waals surface area (Å²) >= 11 is 3.65. The standard InChI is InChI=1S/C11H18BrNO2/c12-9-3-1-2-4-10(9)13-11(14)8-5-6-15-7-8/h8-10H,1-7H2,(H,13,14). The first kappa shape index (κ1) is 11.4. The van der Waals surface area contributed by atoms with E-state index in [0.29, 0.717) is 17.5 Å². The third-order valence-electron chi connectivity index (χ3n) is 3.31. The Hall–Kier alpha value is -0.0900. The number of carbonyl (C=O) groups is 1. The first-order chi connectivity index (χ1) is 7.27. The Morgan fingerprint density at radius 3 is 2.73 bits per heavy atom. The molecule has 86 valence electrons. The highest BCUT2D eigenvalue weighted by atomic mass is 79.9. The summed E-state index contributed by atoms with van der Waals surface area (Å²) in [5, 5.41) is 3.14. The van der Waals surface area contributed by atoms with Gasteiger partial charge in [-0.2, -0.15) is 0 Å². The third-order valence-corrected chi connectivity index (χ3v) is 4.41. The zero-order valence-electron chi connectivity index (χ0n) is 8.88. The fraction of sp³-hybridized carbons (Fsp3) is 0.909. The smallest absolute Gasteiger partial charge is 0.225 e. The van der Waals surface area contributed by atoms with E-state index >= 15 is 0 Å². The molecular weight excluding hydrogens is 258 g/mol. The van der Waals surface area contributed by atoms with E-state index in [2.05, 4.69) is 21.2 Å². The van der Waals surface area contributed by atoms with Crippen molar-refractivity contribution in [3.05, 3.63) is 0 Å². The highest BCUT2D eigenvalue weighted by Crippen LogP contribution is 2.25. The van der Waals surface area contributed by atoms with Crippen molar-refractivity contribution >= 4 is 21.8 Å². The van der Waals surface area contributed by atoms with Crippen LogP contribution in [0.2, 0.25) is 0 Å². The van der Waals surface area contributed by atoms with Gasteiger partial charge in [-0.3, -0.25) is 4.79 Å². The van der Waals surface area contributed by atoms with E-state index in [0.717, 1.165) is 19.4 Å². The molecule has 0 aromatic heterocycles. The predicted molar refractivity (Wildman–Crippen MR) is 62.0 cm³/mol. The molecule has 1 aliphatic carbocycles. The van der Waals surface area contributed by atoms with Gasteiger partial charge >= 0.3 is 0 Å². The van der Waals surface area contributed by atoms with Crippen molar-refractivity contribution in [2.24, 2.45) is 5.92 Å². The van der Waals surface area contributed by atoms with Gasteiger partial charge in [0.1, 0.15) is 0 Å². The van der Waals surface area contributed by atoms with Crippen molar-refractivity contribution in [2.45, 2.75) is 43.0 Å². The minimum Gasteiger partial charge on any atom is -0.381 e. The van der Waals surface area contributed by atoms with Gasteiger partial charge in [-0.15, -0.1) is 0 Å². The Morgan fingerprint density at radius 1 is 1.27 bits per heavy atom. The summed E-state index contributed by atoms with van der Waals surface area (Å²) in [5.41, 5.74) is 0. The molecule has 1 N–H and O–H groups in total. The Morgan fingerprint density at radius 2 is 2.07 bits per heavy atom. The lowest BCUT2D eigenvalue weighted by atomic mass is 9.94. The average molecular weight is 276 g/mol. The lowest BCUT2D eigenvalue weighted by Gasteiger charge is -2.29. The van der Waals surface area contributed by atoms with E-state index < -0.39 is 0 Å². The third kappa shape index (κ3) is 2.94. The maximum Gasteiger partial charge on any atom is 0.225 e. The second-order valence-electron chi connectivity index (χ2n) is 4.48. The molecule has 3 unspecified atom stereocenters. The number of nitrogens with one attached hydrogen (secondary N) is 1. The molecule has 3 nitrogen and oxygen atoms in total. The van der Waals surface area contributed by atoms with Gasteiger partial charge in [-0.05, 0) is 19.3 Å². The molecule has 1 heterocycles. The molecule has 15 heavy (non-hydrogen) atoms. The molecule has 0 spiro atoms. The predicted octanol–water partition coefficient (Wildman–Crippen LogP) is 1.85. The van der Waals surface area contributed by atoms with Gasteiger partial charge in [0.25, 0.3) is 0 Å². The van der Waals surface area contributed by atoms with E-state index in [1.807, 2.05) is 0 Å². The van der Waals surface area contributed by atoms with Crippen LogP contribution < -0.4 is 5.32 Å². The zero-order valence-corrected chi connectivity index (χ0v) is 10.5. The fourth-order valence-corrected chi connectivity index (χ4v) is 3.01. The number of amides is 1. The number of halogens is 1. The van der Waals surface area contributed by atoms with Crippen molar-refractivity contribution in [3.63, 3.8) is 0 Å². The monoisotopic (exact) mass is 275 g/mol. The van der Waals surface area contributed by atoms with Gasteiger partial charge < -0.3 is 10.1 Å². The topological polar surface area (TPSA) is 38.3 Å². The minimum atomic E-state index is 0.0895. The highest BCUT2D eigenvalue weighted by molar-refractivity contribution is 9.09. The van der Waals surface area contributed by atoms with Crippen molar-refractivity contribution in [1.29, 1.82) is 0 Å². The van der Waals surface area contributed by atoms with E-state index in [1.54, 1.807) is 0 Å². The lowest BCUT2D eigenvalue weighted by Crippen LogP contribution is -2.45. The molecule has 2 rings (SSSR count). The van der Waals surface area contributed by atoms with Gasteiger partial charge in [0.05, 0.1) is 12.5 Å². The molecule has 4 heteroatoms. The number of carbonyl (C=O) groups excluding carboxylic acids is 1. The summed E-state index contributed by atoms with van der Waals surface area (Å²) in [6.45, 7) is 1.34. The molecule has 1 amide bonds. The molecular formula is C11H18BrNO2. The molecule has 2 fully saturated rings. The highest BCUT2D eigenvalue weighted by Gasteiger charge is 2.29. The van der Waals surface area contributed by atoms with Crippen LogP contribution in [0.25, 0.3) is 0 Å². The molecule has 1 saturated heterocycles. The largest absolute Gasteiger partial charge is 0.381 e. The maximum atomic E-state index is 11.8. The normalized spacial score (nSPS) is 36.5. The maximum absolute atomic E-state index is 11.8. The number of hydrogen-bond acceptors (Lipinski definition) is 2. The first-order valence-electron chi connectivity index (χ1n) is 5.79. The number of alkyl halides is 1. The van der Waals surface area contributed by atoms with Crippen LogP contribution in [0.1, 0.15) is 32.1 Å². The van der Waals surface area contributed by atoms with Crippen LogP contribution in [-0.2, 0) is 9.53 Å². The molecule has 1 aliphatic heterocycles. The van der Waals surface area contributed by atoms with Crippen molar-refractivity contribution in [3.8, 4) is 0 Å². The van der Waals surface area contributed by atoms with Crippen LogP contribution in [0.15, 0.2) is 0 Å². The van der Waals surface area contributed by atoms with Gasteiger partial charge in [0.2, 0.25) is 5.91 Å². The van der Waals surface area contributed by atoms with E-state index in [4.69, 9.17) is 4.74 Å². The van der Waals surface area contributed by atoms with Gasteiger partial charge in [0.15, 0.2) is 0 Å². The second kappa shape index (κ2) is 5.30. The van der Waals surface area contributed by atoms with Crippen molar-refractivity contribution < 1.29 is 9.53 Å². The van der Waals surface area contributed by atoms with E-state index in [9.17, 15) is 4.79 Å². The summed E-state index contributed by atoms with van der Waals surface area (Å²) in [4.78, 5) is 12.3. The van der Waals surface area contributed by atoms with Crippen molar-refractivity contribution in [1.82, 2.24) is 5.32 Å².